The Kier molecular flexibility index (Phi) is 4.07. The Bertz CT molecular complexity index is 490. The van der Waals surface area contributed by atoms with Crippen LogP contribution in [0.15, 0.2) is 18.3 Å². The average molecular weight is 289 g/mol. The van der Waals surface area contributed by atoms with Gasteiger partial charge in [0, 0.05) is 25.3 Å². The molecular formula is C17H27N3O. The van der Waals surface area contributed by atoms with Gasteiger partial charge in [-0.05, 0) is 56.3 Å². The van der Waals surface area contributed by atoms with Gasteiger partial charge in [-0.3, -0.25) is 4.79 Å². The molecule has 1 N–H and O–H groups in total. The molecule has 4 nitrogen and oxygen atoms in total. The summed E-state index contributed by atoms with van der Waals surface area (Å²) in [4.78, 5) is 14.9. The van der Waals surface area contributed by atoms with Gasteiger partial charge in [0.15, 0.2) is 0 Å². The van der Waals surface area contributed by atoms with Gasteiger partial charge in [-0.2, -0.15) is 0 Å². The third-order valence-electron chi connectivity index (χ3n) is 5.10. The zero-order chi connectivity index (χ0) is 14.9. The van der Waals surface area contributed by atoms with Crippen LogP contribution in [0.2, 0.25) is 0 Å². The number of nitrogens with one attached hydrogen (secondary N) is 1. The highest BCUT2D eigenvalue weighted by atomic mass is 16.2. The minimum absolute atomic E-state index is 0.217. The normalized spacial score (nSPS) is 23.2. The summed E-state index contributed by atoms with van der Waals surface area (Å²) in [5.74, 6) is 0.217. The van der Waals surface area contributed by atoms with E-state index in [4.69, 9.17) is 0 Å². The van der Waals surface area contributed by atoms with Gasteiger partial charge in [0.05, 0.1) is 0 Å². The van der Waals surface area contributed by atoms with E-state index in [1.807, 2.05) is 17.0 Å². The summed E-state index contributed by atoms with van der Waals surface area (Å²) in [5, 5.41) is 3.39. The smallest absolute Gasteiger partial charge is 0.270 e. The van der Waals surface area contributed by atoms with Crippen LogP contribution in [0.5, 0.6) is 0 Å². The lowest BCUT2D eigenvalue weighted by Gasteiger charge is -2.37. The third kappa shape index (κ3) is 3.15. The number of likely N-dealkylation sites (tertiary alicyclic amines) is 1. The fourth-order valence-corrected chi connectivity index (χ4v) is 3.46. The molecule has 0 aliphatic carbocycles. The van der Waals surface area contributed by atoms with Crippen molar-refractivity contribution in [2.45, 2.75) is 45.6 Å². The second-order valence-corrected chi connectivity index (χ2v) is 7.24. The molecule has 0 unspecified atom stereocenters. The quantitative estimate of drug-likeness (QED) is 0.909. The van der Waals surface area contributed by atoms with E-state index >= 15 is 0 Å². The summed E-state index contributed by atoms with van der Waals surface area (Å²) in [6, 6.07) is 4.48. The summed E-state index contributed by atoms with van der Waals surface area (Å²) in [7, 11) is 0. The molecule has 0 spiro atoms. The van der Waals surface area contributed by atoms with Crippen molar-refractivity contribution in [2.24, 2.45) is 5.41 Å². The number of carbonyl (C=O) groups excluding carboxylic acids is 1. The molecule has 3 heterocycles. The largest absolute Gasteiger partial charge is 0.340 e. The minimum Gasteiger partial charge on any atom is -0.340 e. The van der Waals surface area contributed by atoms with Gasteiger partial charge >= 0.3 is 0 Å². The summed E-state index contributed by atoms with van der Waals surface area (Å²) in [6.07, 6.45) is 6.51. The van der Waals surface area contributed by atoms with Crippen LogP contribution in [0.1, 0.15) is 56.1 Å². The molecule has 3 rings (SSSR count). The highest BCUT2D eigenvalue weighted by molar-refractivity contribution is 5.93. The van der Waals surface area contributed by atoms with Gasteiger partial charge in [0.25, 0.3) is 5.91 Å². The van der Waals surface area contributed by atoms with Crippen molar-refractivity contribution >= 4 is 5.91 Å². The number of nitrogens with zero attached hydrogens (tertiary/aromatic N) is 2. The van der Waals surface area contributed by atoms with Crippen LogP contribution in [0, 0.1) is 5.41 Å². The second kappa shape index (κ2) is 5.84. The van der Waals surface area contributed by atoms with E-state index in [1.54, 1.807) is 0 Å². The minimum atomic E-state index is 0.217. The third-order valence-corrected chi connectivity index (χ3v) is 5.10. The number of aromatic nitrogens is 1. The number of amides is 1. The molecule has 2 aliphatic rings. The molecule has 0 atom stereocenters. The van der Waals surface area contributed by atoms with Gasteiger partial charge < -0.3 is 14.8 Å². The van der Waals surface area contributed by atoms with Crippen LogP contribution in [0.3, 0.4) is 0 Å². The van der Waals surface area contributed by atoms with Gasteiger partial charge in [-0.1, -0.05) is 13.8 Å². The van der Waals surface area contributed by atoms with Crippen molar-refractivity contribution in [3.05, 3.63) is 24.0 Å². The number of rotatable bonds is 2. The molecule has 0 saturated carbocycles. The van der Waals surface area contributed by atoms with Crippen molar-refractivity contribution in [2.75, 3.05) is 26.2 Å². The van der Waals surface area contributed by atoms with Gasteiger partial charge in [0.1, 0.15) is 5.69 Å². The molecule has 4 heteroatoms. The Balaban J connectivity index is 1.72. The van der Waals surface area contributed by atoms with Crippen molar-refractivity contribution in [3.63, 3.8) is 0 Å². The summed E-state index contributed by atoms with van der Waals surface area (Å²) >= 11 is 0. The Morgan fingerprint density at radius 3 is 2.57 bits per heavy atom. The molecule has 1 amide bonds. The molecule has 2 saturated heterocycles. The van der Waals surface area contributed by atoms with Gasteiger partial charge in [-0.15, -0.1) is 0 Å². The fourth-order valence-electron chi connectivity index (χ4n) is 3.46. The van der Waals surface area contributed by atoms with Gasteiger partial charge in [-0.25, -0.2) is 0 Å². The molecule has 21 heavy (non-hydrogen) atoms. The van der Waals surface area contributed by atoms with Crippen LogP contribution >= 0.6 is 0 Å². The maximum absolute atomic E-state index is 12.8. The van der Waals surface area contributed by atoms with Crippen LogP contribution in [0.4, 0.5) is 0 Å². The van der Waals surface area contributed by atoms with Crippen molar-refractivity contribution in [3.8, 4) is 0 Å². The molecule has 0 aromatic carbocycles. The average Bonchev–Trinajstić information content (AvgIpc) is 2.97. The highest BCUT2D eigenvalue weighted by Crippen LogP contribution is 2.31. The first kappa shape index (κ1) is 14.6. The van der Waals surface area contributed by atoms with Crippen LogP contribution in [-0.2, 0) is 0 Å². The van der Waals surface area contributed by atoms with E-state index in [0.29, 0.717) is 11.5 Å². The number of hydrogen-bond donors (Lipinski definition) is 1. The lowest BCUT2D eigenvalue weighted by Crippen LogP contribution is -2.42. The predicted octanol–water partition coefficient (Wildman–Crippen LogP) is 2.67. The number of piperidine rings is 2. The molecule has 116 valence electrons. The summed E-state index contributed by atoms with van der Waals surface area (Å²) < 4.78 is 2.21. The molecule has 0 bridgehead atoms. The predicted molar refractivity (Wildman–Crippen MR) is 84.5 cm³/mol. The Hall–Kier alpha value is -1.29. The Morgan fingerprint density at radius 1 is 1.24 bits per heavy atom. The number of carbonyl (C=O) groups is 1. The zero-order valence-electron chi connectivity index (χ0n) is 13.3. The Labute approximate surface area is 127 Å². The fraction of sp³-hybridized carbons (Fsp3) is 0.706. The SMILES string of the molecule is CC1(C)CCN(C(=O)c2cccn2C2CCNCC2)CC1. The van der Waals surface area contributed by atoms with E-state index in [2.05, 4.69) is 29.9 Å². The molecule has 2 fully saturated rings. The Morgan fingerprint density at radius 2 is 1.90 bits per heavy atom. The first-order valence-corrected chi connectivity index (χ1v) is 8.24. The standard InChI is InChI=1S/C17H27N3O/c1-17(2)7-12-19(13-8-17)16(21)15-4-3-11-20(15)14-5-9-18-10-6-14/h3-4,11,14,18H,5-10,12-13H2,1-2H3. The van der Waals surface area contributed by atoms with Crippen molar-refractivity contribution in [1.82, 2.24) is 14.8 Å². The summed E-state index contributed by atoms with van der Waals surface area (Å²) in [6.45, 7) is 8.48. The monoisotopic (exact) mass is 289 g/mol. The van der Waals surface area contributed by atoms with E-state index in [0.717, 1.165) is 57.6 Å². The van der Waals surface area contributed by atoms with Crippen molar-refractivity contribution in [1.29, 1.82) is 0 Å². The topological polar surface area (TPSA) is 37.3 Å². The number of hydrogen-bond acceptors (Lipinski definition) is 2. The lowest BCUT2D eigenvalue weighted by atomic mass is 9.82. The lowest BCUT2D eigenvalue weighted by molar-refractivity contribution is 0.0616. The van der Waals surface area contributed by atoms with E-state index < -0.39 is 0 Å². The molecule has 0 radical (unpaired) electrons. The molecular weight excluding hydrogens is 262 g/mol. The van der Waals surface area contributed by atoms with Crippen LogP contribution < -0.4 is 5.32 Å². The second-order valence-electron chi connectivity index (χ2n) is 7.24. The first-order chi connectivity index (χ1) is 10.1. The molecule has 1 aromatic rings. The van der Waals surface area contributed by atoms with Crippen LogP contribution in [-0.4, -0.2) is 41.6 Å². The van der Waals surface area contributed by atoms with Crippen LogP contribution in [0.25, 0.3) is 0 Å². The van der Waals surface area contributed by atoms with E-state index in [-0.39, 0.29) is 5.91 Å². The first-order valence-electron chi connectivity index (χ1n) is 8.24. The maximum atomic E-state index is 12.8. The summed E-state index contributed by atoms with van der Waals surface area (Å²) in [5.41, 5.74) is 1.26. The van der Waals surface area contributed by atoms with E-state index in [1.165, 1.54) is 0 Å². The molecule has 2 aliphatic heterocycles. The zero-order valence-corrected chi connectivity index (χ0v) is 13.3. The maximum Gasteiger partial charge on any atom is 0.270 e. The molecule has 1 aromatic heterocycles. The van der Waals surface area contributed by atoms with Crippen molar-refractivity contribution < 1.29 is 4.79 Å². The highest BCUT2D eigenvalue weighted by Gasteiger charge is 2.30. The van der Waals surface area contributed by atoms with Gasteiger partial charge in [0.2, 0.25) is 0 Å². The van der Waals surface area contributed by atoms with E-state index in [9.17, 15) is 4.79 Å².